The van der Waals surface area contributed by atoms with Crippen LogP contribution < -0.4 is 0 Å². The predicted molar refractivity (Wildman–Crippen MR) is 70.9 cm³/mol. The molecule has 102 valence electrons. The van der Waals surface area contributed by atoms with Gasteiger partial charge in [0.15, 0.2) is 5.69 Å². The average Bonchev–Trinajstić information content (AvgIpc) is 2.68. The molecule has 0 fully saturated rings. The monoisotopic (exact) mass is 332 g/mol. The number of benzene rings is 1. The van der Waals surface area contributed by atoms with Crippen LogP contribution in [0.4, 0.5) is 13.2 Å². The molecule has 1 N–H and O–H groups in total. The van der Waals surface area contributed by atoms with E-state index in [1.54, 1.807) is 6.07 Å². The summed E-state index contributed by atoms with van der Waals surface area (Å²) in [6.07, 6.45) is -4.45. The quantitative estimate of drug-likeness (QED) is 0.799. The van der Waals surface area contributed by atoms with Gasteiger partial charge >= 0.3 is 6.18 Å². The Morgan fingerprint density at radius 2 is 1.74 bits per heavy atom. The van der Waals surface area contributed by atoms with Crippen LogP contribution in [0.3, 0.4) is 0 Å². The molecule has 0 amide bonds. The number of hydrogen-bond acceptors (Lipinski definition) is 1. The maximum atomic E-state index is 12.7. The van der Waals surface area contributed by atoms with Gasteiger partial charge in [0, 0.05) is 5.56 Å². The van der Waals surface area contributed by atoms with Crippen LogP contribution >= 0.6 is 15.9 Å². The molecule has 0 atom stereocenters. The van der Waals surface area contributed by atoms with Crippen LogP contribution in [0.15, 0.2) is 16.6 Å². The van der Waals surface area contributed by atoms with Gasteiger partial charge in [-0.3, -0.25) is 5.10 Å². The highest BCUT2D eigenvalue weighted by molar-refractivity contribution is 9.10. The van der Waals surface area contributed by atoms with E-state index >= 15 is 0 Å². The second kappa shape index (κ2) is 4.67. The Morgan fingerprint density at radius 1 is 1.11 bits per heavy atom. The highest BCUT2D eigenvalue weighted by Gasteiger charge is 2.37. The van der Waals surface area contributed by atoms with Crippen LogP contribution in [0.5, 0.6) is 0 Å². The SMILES string of the molecule is Cc1ccc(-c2n[nH]c(C(F)(F)F)c2Br)c(C)c1C. The molecule has 0 radical (unpaired) electrons. The second-order valence-corrected chi connectivity index (χ2v) is 5.23. The Balaban J connectivity index is 2.62. The van der Waals surface area contributed by atoms with Gasteiger partial charge in [-0.15, -0.1) is 0 Å². The van der Waals surface area contributed by atoms with Crippen LogP contribution in [-0.2, 0) is 6.18 Å². The summed E-state index contributed by atoms with van der Waals surface area (Å²) in [5.74, 6) is 0. The first kappa shape index (κ1) is 14.1. The maximum absolute atomic E-state index is 12.7. The number of nitrogens with one attached hydrogen (secondary N) is 1. The Morgan fingerprint density at radius 3 is 2.26 bits per heavy atom. The number of H-pyrrole nitrogens is 1. The third-order valence-corrected chi connectivity index (χ3v) is 4.08. The fourth-order valence-electron chi connectivity index (χ4n) is 1.91. The van der Waals surface area contributed by atoms with Crippen LogP contribution in [-0.4, -0.2) is 10.2 Å². The lowest BCUT2D eigenvalue weighted by Crippen LogP contribution is -2.06. The summed E-state index contributed by atoms with van der Waals surface area (Å²) >= 11 is 2.99. The van der Waals surface area contributed by atoms with E-state index in [1.165, 1.54) is 0 Å². The van der Waals surface area contributed by atoms with Crippen molar-refractivity contribution in [3.63, 3.8) is 0 Å². The van der Waals surface area contributed by atoms with Crippen molar-refractivity contribution in [2.24, 2.45) is 0 Å². The summed E-state index contributed by atoms with van der Waals surface area (Å²) < 4.78 is 38.1. The molecule has 0 bridgehead atoms. The molecule has 2 rings (SSSR count). The lowest BCUT2D eigenvalue weighted by Gasteiger charge is -2.10. The Labute approximate surface area is 117 Å². The molecular weight excluding hydrogens is 321 g/mol. The lowest BCUT2D eigenvalue weighted by molar-refractivity contribution is -0.141. The highest BCUT2D eigenvalue weighted by Crippen LogP contribution is 2.39. The maximum Gasteiger partial charge on any atom is 0.433 e. The minimum atomic E-state index is -4.45. The number of hydrogen-bond donors (Lipinski definition) is 1. The second-order valence-electron chi connectivity index (χ2n) is 4.44. The van der Waals surface area contributed by atoms with Gasteiger partial charge in [-0.25, -0.2) is 0 Å². The highest BCUT2D eigenvalue weighted by atomic mass is 79.9. The van der Waals surface area contributed by atoms with Crippen LogP contribution in [0, 0.1) is 20.8 Å². The van der Waals surface area contributed by atoms with Gasteiger partial charge in [0.25, 0.3) is 0 Å². The Kier molecular flexibility index (Phi) is 3.47. The minimum Gasteiger partial charge on any atom is -0.272 e. The first-order valence-electron chi connectivity index (χ1n) is 5.61. The van der Waals surface area contributed by atoms with Crippen molar-refractivity contribution in [1.82, 2.24) is 10.2 Å². The van der Waals surface area contributed by atoms with E-state index in [0.29, 0.717) is 5.56 Å². The fraction of sp³-hybridized carbons (Fsp3) is 0.308. The normalized spacial score (nSPS) is 11.9. The molecule has 0 aliphatic carbocycles. The third-order valence-electron chi connectivity index (χ3n) is 3.30. The van der Waals surface area contributed by atoms with Gasteiger partial charge in [-0.05, 0) is 53.4 Å². The van der Waals surface area contributed by atoms with Crippen molar-refractivity contribution in [3.05, 3.63) is 39.0 Å². The molecule has 0 aliphatic rings. The number of aromatic amines is 1. The van der Waals surface area contributed by atoms with Crippen LogP contribution in [0.1, 0.15) is 22.4 Å². The number of rotatable bonds is 1. The van der Waals surface area contributed by atoms with Crippen molar-refractivity contribution in [2.75, 3.05) is 0 Å². The van der Waals surface area contributed by atoms with E-state index in [9.17, 15) is 13.2 Å². The molecule has 19 heavy (non-hydrogen) atoms. The van der Waals surface area contributed by atoms with Crippen LogP contribution in [0.2, 0.25) is 0 Å². The van der Waals surface area contributed by atoms with Gasteiger partial charge in [0.1, 0.15) is 5.69 Å². The zero-order valence-electron chi connectivity index (χ0n) is 10.6. The summed E-state index contributed by atoms with van der Waals surface area (Å²) in [4.78, 5) is 0. The minimum absolute atomic E-state index is 0.0497. The number of alkyl halides is 3. The first-order valence-corrected chi connectivity index (χ1v) is 6.41. The molecule has 2 nitrogen and oxygen atoms in total. The zero-order chi connectivity index (χ0) is 14.4. The number of aryl methyl sites for hydroxylation is 1. The van der Waals surface area contributed by atoms with Crippen LogP contribution in [0.25, 0.3) is 11.3 Å². The predicted octanol–water partition coefficient (Wildman–Crippen LogP) is 4.78. The first-order chi connectivity index (χ1) is 8.73. The number of halogens is 4. The standard InChI is InChI=1S/C13H12BrF3N2/c1-6-4-5-9(8(3)7(6)2)11-10(14)12(19-18-11)13(15,16)17/h4-5H,1-3H3,(H,18,19). The molecule has 1 heterocycles. The Bertz CT molecular complexity index is 630. The van der Waals surface area contributed by atoms with E-state index < -0.39 is 11.9 Å². The number of aromatic nitrogens is 2. The van der Waals surface area contributed by atoms with Gasteiger partial charge in [-0.2, -0.15) is 18.3 Å². The van der Waals surface area contributed by atoms with E-state index in [1.807, 2.05) is 26.8 Å². The molecule has 0 aliphatic heterocycles. The Hall–Kier alpha value is -1.30. The smallest absolute Gasteiger partial charge is 0.272 e. The average molecular weight is 333 g/mol. The molecule has 6 heteroatoms. The molecule has 1 aromatic carbocycles. The molecule has 1 aromatic heterocycles. The summed E-state index contributed by atoms with van der Waals surface area (Å²) in [6, 6.07) is 3.67. The van der Waals surface area contributed by atoms with E-state index in [4.69, 9.17) is 0 Å². The molecule has 0 saturated heterocycles. The van der Waals surface area contributed by atoms with Crippen molar-refractivity contribution in [3.8, 4) is 11.3 Å². The van der Waals surface area contributed by atoms with Crippen molar-refractivity contribution in [2.45, 2.75) is 26.9 Å². The van der Waals surface area contributed by atoms with Gasteiger partial charge < -0.3 is 0 Å². The van der Waals surface area contributed by atoms with Gasteiger partial charge in [0.05, 0.1) is 4.47 Å². The van der Waals surface area contributed by atoms with Gasteiger partial charge in [-0.1, -0.05) is 12.1 Å². The molecule has 0 spiro atoms. The molecule has 0 unspecified atom stereocenters. The largest absolute Gasteiger partial charge is 0.433 e. The summed E-state index contributed by atoms with van der Waals surface area (Å²) in [5, 5.41) is 5.84. The van der Waals surface area contributed by atoms with E-state index in [2.05, 4.69) is 26.1 Å². The summed E-state index contributed by atoms with van der Waals surface area (Å²) in [6.45, 7) is 5.79. The molecular formula is C13H12BrF3N2. The van der Waals surface area contributed by atoms with E-state index in [-0.39, 0.29) is 10.2 Å². The summed E-state index contributed by atoms with van der Waals surface area (Å²) in [5.41, 5.74) is 3.21. The topological polar surface area (TPSA) is 28.7 Å². The van der Waals surface area contributed by atoms with E-state index in [0.717, 1.165) is 16.7 Å². The van der Waals surface area contributed by atoms with Crippen molar-refractivity contribution >= 4 is 15.9 Å². The molecule has 0 saturated carbocycles. The van der Waals surface area contributed by atoms with Crippen molar-refractivity contribution < 1.29 is 13.2 Å². The van der Waals surface area contributed by atoms with Gasteiger partial charge in [0.2, 0.25) is 0 Å². The number of nitrogens with zero attached hydrogens (tertiary/aromatic N) is 1. The molecule has 2 aromatic rings. The third kappa shape index (κ3) is 2.41. The summed E-state index contributed by atoms with van der Waals surface area (Å²) in [7, 11) is 0. The zero-order valence-corrected chi connectivity index (χ0v) is 12.2. The van der Waals surface area contributed by atoms with Crippen molar-refractivity contribution in [1.29, 1.82) is 0 Å². The fourth-order valence-corrected chi connectivity index (χ4v) is 2.52. The lowest BCUT2D eigenvalue weighted by atomic mass is 9.97.